The predicted molar refractivity (Wildman–Crippen MR) is 72.1 cm³/mol. The number of rotatable bonds is 2. The summed E-state index contributed by atoms with van der Waals surface area (Å²) in [4.78, 5) is 5.76. The van der Waals surface area contributed by atoms with Crippen LogP contribution in [0.4, 0.5) is 0 Å². The Kier molecular flexibility index (Phi) is 3.18. The number of H-pyrrole nitrogens is 1. The van der Waals surface area contributed by atoms with Crippen molar-refractivity contribution in [3.63, 3.8) is 0 Å². The molecule has 3 nitrogen and oxygen atoms in total. The van der Waals surface area contributed by atoms with Crippen LogP contribution >= 0.6 is 15.9 Å². The first kappa shape index (κ1) is 11.3. The summed E-state index contributed by atoms with van der Waals surface area (Å²) >= 11 is 3.53. The molecule has 1 N–H and O–H groups in total. The predicted octanol–water partition coefficient (Wildman–Crippen LogP) is 2.76. The molecule has 1 fully saturated rings. The first-order chi connectivity index (χ1) is 8.33. The highest BCUT2D eigenvalue weighted by Crippen LogP contribution is 2.23. The fraction of sp³-hybridized carbons (Fsp3) is 0.385. The van der Waals surface area contributed by atoms with E-state index in [9.17, 15) is 0 Å². The van der Waals surface area contributed by atoms with Gasteiger partial charge in [-0.3, -0.25) is 4.90 Å². The Hall–Kier alpha value is -0.840. The van der Waals surface area contributed by atoms with Gasteiger partial charge < -0.3 is 9.72 Å². The number of ether oxygens (including phenoxy) is 1. The van der Waals surface area contributed by atoms with E-state index >= 15 is 0 Å². The smallest absolute Gasteiger partial charge is 0.0594 e. The van der Waals surface area contributed by atoms with Gasteiger partial charge >= 0.3 is 0 Å². The summed E-state index contributed by atoms with van der Waals surface area (Å²) < 4.78 is 6.50. The molecule has 0 unspecified atom stereocenters. The molecule has 0 atom stereocenters. The number of halogens is 1. The standard InChI is InChI=1S/C13H15BrN2O/c14-11-1-2-13-12(7-11)10(8-15-13)9-16-3-5-17-6-4-16/h1-2,7-8,15H,3-6,9H2. The van der Waals surface area contributed by atoms with Gasteiger partial charge in [-0.25, -0.2) is 0 Å². The lowest BCUT2D eigenvalue weighted by atomic mass is 10.1. The second-order valence-corrected chi connectivity index (χ2v) is 5.31. The Balaban J connectivity index is 1.86. The monoisotopic (exact) mass is 294 g/mol. The van der Waals surface area contributed by atoms with Crippen LogP contribution < -0.4 is 0 Å². The first-order valence-electron chi connectivity index (χ1n) is 5.88. The topological polar surface area (TPSA) is 28.3 Å². The fourth-order valence-electron chi connectivity index (χ4n) is 2.28. The van der Waals surface area contributed by atoms with Gasteiger partial charge in [-0.05, 0) is 23.8 Å². The summed E-state index contributed by atoms with van der Waals surface area (Å²) in [6, 6.07) is 6.36. The maximum Gasteiger partial charge on any atom is 0.0594 e. The lowest BCUT2D eigenvalue weighted by Crippen LogP contribution is -2.35. The van der Waals surface area contributed by atoms with Gasteiger partial charge in [-0.15, -0.1) is 0 Å². The van der Waals surface area contributed by atoms with Crippen molar-refractivity contribution in [2.24, 2.45) is 0 Å². The second-order valence-electron chi connectivity index (χ2n) is 4.39. The number of fused-ring (bicyclic) bond motifs is 1. The second kappa shape index (κ2) is 4.80. The largest absolute Gasteiger partial charge is 0.379 e. The number of nitrogens with zero attached hydrogens (tertiary/aromatic N) is 1. The van der Waals surface area contributed by atoms with Crippen LogP contribution in [0.15, 0.2) is 28.9 Å². The Morgan fingerprint density at radius 1 is 1.29 bits per heavy atom. The molecule has 1 aliphatic heterocycles. The first-order valence-corrected chi connectivity index (χ1v) is 6.68. The Bertz CT molecular complexity index is 517. The van der Waals surface area contributed by atoms with E-state index in [1.54, 1.807) is 0 Å². The molecule has 3 rings (SSSR count). The zero-order valence-corrected chi connectivity index (χ0v) is 11.2. The number of morpholine rings is 1. The molecule has 2 aromatic rings. The van der Waals surface area contributed by atoms with Gasteiger partial charge in [0, 0.05) is 41.2 Å². The highest BCUT2D eigenvalue weighted by atomic mass is 79.9. The summed E-state index contributed by atoms with van der Waals surface area (Å²) in [5.41, 5.74) is 2.57. The molecule has 90 valence electrons. The average Bonchev–Trinajstić information content (AvgIpc) is 2.73. The Morgan fingerprint density at radius 2 is 2.12 bits per heavy atom. The van der Waals surface area contributed by atoms with Crippen LogP contribution in [0.1, 0.15) is 5.56 Å². The molecule has 0 saturated carbocycles. The van der Waals surface area contributed by atoms with Crippen molar-refractivity contribution in [2.75, 3.05) is 26.3 Å². The molecule has 0 aliphatic carbocycles. The van der Waals surface area contributed by atoms with Crippen molar-refractivity contribution in [3.8, 4) is 0 Å². The SMILES string of the molecule is Brc1ccc2[nH]cc(CN3CCOCC3)c2c1. The lowest BCUT2D eigenvalue weighted by Gasteiger charge is -2.26. The van der Waals surface area contributed by atoms with Gasteiger partial charge in [0.15, 0.2) is 0 Å². The van der Waals surface area contributed by atoms with Crippen molar-refractivity contribution >= 4 is 26.8 Å². The van der Waals surface area contributed by atoms with Gasteiger partial charge in [0.2, 0.25) is 0 Å². The number of hydrogen-bond donors (Lipinski definition) is 1. The highest BCUT2D eigenvalue weighted by Gasteiger charge is 2.13. The normalized spacial score (nSPS) is 17.7. The maximum absolute atomic E-state index is 5.37. The summed E-state index contributed by atoms with van der Waals surface area (Å²) in [6.07, 6.45) is 2.12. The van der Waals surface area contributed by atoms with Crippen LogP contribution in [0.25, 0.3) is 10.9 Å². The maximum atomic E-state index is 5.37. The van der Waals surface area contributed by atoms with E-state index in [0.717, 1.165) is 37.3 Å². The quantitative estimate of drug-likeness (QED) is 0.922. The molecule has 0 spiro atoms. The molecular weight excluding hydrogens is 280 g/mol. The van der Waals surface area contributed by atoms with Gasteiger partial charge in [0.05, 0.1) is 13.2 Å². The van der Waals surface area contributed by atoms with E-state index in [4.69, 9.17) is 4.74 Å². The molecule has 0 amide bonds. The van der Waals surface area contributed by atoms with E-state index in [1.807, 2.05) is 0 Å². The average molecular weight is 295 g/mol. The van der Waals surface area contributed by atoms with Gasteiger partial charge in [0.1, 0.15) is 0 Å². The minimum atomic E-state index is 0.853. The van der Waals surface area contributed by atoms with Crippen LogP contribution in [0.3, 0.4) is 0 Å². The summed E-state index contributed by atoms with van der Waals surface area (Å²) in [5.74, 6) is 0. The molecule has 4 heteroatoms. The third-order valence-corrected chi connectivity index (χ3v) is 3.72. The number of nitrogens with one attached hydrogen (secondary N) is 1. The molecule has 17 heavy (non-hydrogen) atoms. The number of aromatic nitrogens is 1. The Labute approximate surface area is 109 Å². The minimum Gasteiger partial charge on any atom is -0.379 e. The van der Waals surface area contributed by atoms with E-state index < -0.39 is 0 Å². The molecular formula is C13H15BrN2O. The molecule has 0 bridgehead atoms. The number of benzene rings is 1. The highest BCUT2D eigenvalue weighted by molar-refractivity contribution is 9.10. The van der Waals surface area contributed by atoms with Crippen molar-refractivity contribution in [1.82, 2.24) is 9.88 Å². The van der Waals surface area contributed by atoms with Crippen molar-refractivity contribution in [2.45, 2.75) is 6.54 Å². The summed E-state index contributed by atoms with van der Waals surface area (Å²) in [7, 11) is 0. The van der Waals surface area contributed by atoms with Gasteiger partial charge in [0.25, 0.3) is 0 Å². The lowest BCUT2D eigenvalue weighted by molar-refractivity contribution is 0.0343. The minimum absolute atomic E-state index is 0.853. The van der Waals surface area contributed by atoms with Crippen LogP contribution in [-0.2, 0) is 11.3 Å². The van der Waals surface area contributed by atoms with Crippen molar-refractivity contribution < 1.29 is 4.74 Å². The van der Waals surface area contributed by atoms with E-state index in [0.29, 0.717) is 0 Å². The summed E-state index contributed by atoms with van der Waals surface area (Å²) in [5, 5.41) is 1.31. The van der Waals surface area contributed by atoms with Crippen LogP contribution in [-0.4, -0.2) is 36.2 Å². The van der Waals surface area contributed by atoms with E-state index in [1.165, 1.54) is 16.5 Å². The zero-order valence-electron chi connectivity index (χ0n) is 9.58. The Morgan fingerprint density at radius 3 is 2.94 bits per heavy atom. The van der Waals surface area contributed by atoms with Crippen LogP contribution in [0.2, 0.25) is 0 Å². The van der Waals surface area contributed by atoms with Crippen molar-refractivity contribution in [3.05, 3.63) is 34.4 Å². The third-order valence-electron chi connectivity index (χ3n) is 3.23. The van der Waals surface area contributed by atoms with Gasteiger partial charge in [-0.2, -0.15) is 0 Å². The number of aromatic amines is 1. The van der Waals surface area contributed by atoms with E-state index in [-0.39, 0.29) is 0 Å². The third kappa shape index (κ3) is 2.39. The molecule has 1 aliphatic rings. The molecule has 0 radical (unpaired) electrons. The molecule has 1 aromatic heterocycles. The van der Waals surface area contributed by atoms with E-state index in [2.05, 4.69) is 50.2 Å². The fourth-order valence-corrected chi connectivity index (χ4v) is 2.64. The van der Waals surface area contributed by atoms with Crippen LogP contribution in [0, 0.1) is 0 Å². The van der Waals surface area contributed by atoms with Crippen LogP contribution in [0.5, 0.6) is 0 Å². The molecule has 1 saturated heterocycles. The zero-order chi connectivity index (χ0) is 11.7. The summed E-state index contributed by atoms with van der Waals surface area (Å²) in [6.45, 7) is 4.76. The number of hydrogen-bond acceptors (Lipinski definition) is 2. The molecule has 2 heterocycles. The van der Waals surface area contributed by atoms with Crippen molar-refractivity contribution in [1.29, 1.82) is 0 Å². The van der Waals surface area contributed by atoms with Gasteiger partial charge in [-0.1, -0.05) is 15.9 Å². The molecule has 1 aromatic carbocycles.